The lowest BCUT2D eigenvalue weighted by molar-refractivity contribution is 0.0527. The van der Waals surface area contributed by atoms with Gasteiger partial charge in [0.2, 0.25) is 0 Å². The number of nitrogens with two attached hydrogens (primary N) is 1. The molecule has 2 N–H and O–H groups in total. The van der Waals surface area contributed by atoms with Crippen LogP contribution in [-0.2, 0) is 4.74 Å². The minimum atomic E-state index is -0.549. The highest BCUT2D eigenvalue weighted by molar-refractivity contribution is 6.32. The van der Waals surface area contributed by atoms with Gasteiger partial charge >= 0.3 is 5.97 Å². The number of nitrogen functional groups attached to an aromatic ring is 1. The lowest BCUT2D eigenvalue weighted by Gasteiger charge is -2.07. The number of hydrogen-bond donors (Lipinski definition) is 1. The summed E-state index contributed by atoms with van der Waals surface area (Å²) in [4.78, 5) is 11.8. The molecule has 106 valence electrons. The van der Waals surface area contributed by atoms with E-state index in [1.165, 1.54) is 16.8 Å². The van der Waals surface area contributed by atoms with E-state index in [9.17, 15) is 9.18 Å². The van der Waals surface area contributed by atoms with Gasteiger partial charge in [-0.05, 0) is 32.0 Å². The Morgan fingerprint density at radius 3 is 2.85 bits per heavy atom. The van der Waals surface area contributed by atoms with E-state index in [4.69, 9.17) is 22.1 Å². The first-order valence-electron chi connectivity index (χ1n) is 5.93. The molecule has 0 amide bonds. The van der Waals surface area contributed by atoms with Crippen LogP contribution in [0, 0.1) is 12.7 Å². The van der Waals surface area contributed by atoms with E-state index in [1.807, 2.05) is 0 Å². The number of aromatic nitrogens is 2. The van der Waals surface area contributed by atoms with E-state index in [2.05, 4.69) is 5.10 Å². The number of nitrogens with zero attached hydrogens (tertiary/aromatic N) is 2. The van der Waals surface area contributed by atoms with E-state index in [1.54, 1.807) is 13.8 Å². The summed E-state index contributed by atoms with van der Waals surface area (Å²) in [5.74, 6) is -0.909. The second kappa shape index (κ2) is 5.50. The van der Waals surface area contributed by atoms with Gasteiger partial charge in [-0.15, -0.1) is 0 Å². The zero-order valence-electron chi connectivity index (χ0n) is 11.0. The van der Waals surface area contributed by atoms with Crippen molar-refractivity contribution in [1.29, 1.82) is 0 Å². The molecule has 0 unspecified atom stereocenters. The third-order valence-electron chi connectivity index (χ3n) is 2.71. The summed E-state index contributed by atoms with van der Waals surface area (Å²) < 4.78 is 19.3. The second-order valence-electron chi connectivity index (χ2n) is 4.07. The molecule has 5 nitrogen and oxygen atoms in total. The van der Waals surface area contributed by atoms with Gasteiger partial charge in [0.15, 0.2) is 0 Å². The highest BCUT2D eigenvalue weighted by Crippen LogP contribution is 2.27. The van der Waals surface area contributed by atoms with Crippen LogP contribution in [0.3, 0.4) is 0 Å². The monoisotopic (exact) mass is 297 g/mol. The summed E-state index contributed by atoms with van der Waals surface area (Å²) >= 11 is 5.97. The Kier molecular flexibility index (Phi) is 3.94. The Morgan fingerprint density at radius 2 is 2.25 bits per heavy atom. The maximum Gasteiger partial charge on any atom is 0.343 e. The average molecular weight is 298 g/mol. The molecule has 0 saturated heterocycles. The van der Waals surface area contributed by atoms with E-state index in [0.717, 1.165) is 6.07 Å². The lowest BCUT2D eigenvalue weighted by atomic mass is 10.2. The van der Waals surface area contributed by atoms with Gasteiger partial charge in [0, 0.05) is 0 Å². The number of halogens is 2. The number of benzene rings is 1. The number of esters is 1. The Bertz CT molecular complexity index is 670. The Hall–Kier alpha value is -2.08. The molecule has 0 radical (unpaired) electrons. The molecular formula is C13H13ClFN3O2. The fourth-order valence-electron chi connectivity index (χ4n) is 1.84. The minimum absolute atomic E-state index is 0.106. The fraction of sp³-hybridized carbons (Fsp3) is 0.231. The Morgan fingerprint density at radius 1 is 1.55 bits per heavy atom. The molecular weight excluding hydrogens is 285 g/mol. The number of anilines is 1. The van der Waals surface area contributed by atoms with Crippen molar-refractivity contribution in [3.05, 3.63) is 40.3 Å². The largest absolute Gasteiger partial charge is 0.462 e. The van der Waals surface area contributed by atoms with Crippen LogP contribution in [0.4, 0.5) is 10.2 Å². The molecule has 0 fully saturated rings. The number of hydrogen-bond acceptors (Lipinski definition) is 4. The molecule has 0 aliphatic carbocycles. The van der Waals surface area contributed by atoms with E-state index < -0.39 is 11.8 Å². The van der Waals surface area contributed by atoms with E-state index in [-0.39, 0.29) is 23.0 Å². The van der Waals surface area contributed by atoms with Gasteiger partial charge < -0.3 is 10.5 Å². The number of carbonyl (C=O) groups excluding carboxylic acids is 1. The average Bonchev–Trinajstić information content (AvgIpc) is 2.65. The lowest BCUT2D eigenvalue weighted by Crippen LogP contribution is -2.09. The molecule has 0 bridgehead atoms. The molecule has 2 rings (SSSR count). The molecule has 1 aromatic heterocycles. The maximum atomic E-state index is 13.1. The molecule has 0 atom stereocenters. The fourth-order valence-corrected chi connectivity index (χ4v) is 2.08. The second-order valence-corrected chi connectivity index (χ2v) is 4.48. The van der Waals surface area contributed by atoms with Gasteiger partial charge in [-0.25, -0.2) is 13.9 Å². The van der Waals surface area contributed by atoms with Gasteiger partial charge in [-0.1, -0.05) is 11.6 Å². The summed E-state index contributed by atoms with van der Waals surface area (Å²) in [5.41, 5.74) is 6.92. The number of rotatable bonds is 3. The number of ether oxygens (including phenoxy) is 1. The van der Waals surface area contributed by atoms with Gasteiger partial charge in [-0.3, -0.25) is 0 Å². The highest BCUT2D eigenvalue weighted by atomic mass is 35.5. The van der Waals surface area contributed by atoms with Crippen LogP contribution in [0.5, 0.6) is 0 Å². The van der Waals surface area contributed by atoms with Crippen molar-refractivity contribution in [2.75, 3.05) is 12.3 Å². The SMILES string of the molecule is CCOC(=O)c1c(C)nn(-c2ccc(F)cc2Cl)c1N. The van der Waals surface area contributed by atoms with Gasteiger partial charge in [-0.2, -0.15) is 5.10 Å². The molecule has 1 heterocycles. The summed E-state index contributed by atoms with van der Waals surface area (Å²) in [6, 6.07) is 3.83. The summed E-state index contributed by atoms with van der Waals surface area (Å²) in [6.07, 6.45) is 0. The first-order valence-corrected chi connectivity index (χ1v) is 6.31. The summed E-state index contributed by atoms with van der Waals surface area (Å²) in [7, 11) is 0. The van der Waals surface area contributed by atoms with Crippen molar-refractivity contribution in [3.8, 4) is 5.69 Å². The predicted octanol–water partition coefficient (Wildman–Crippen LogP) is 2.73. The topological polar surface area (TPSA) is 70.1 Å². The zero-order valence-corrected chi connectivity index (χ0v) is 11.7. The van der Waals surface area contributed by atoms with Crippen molar-refractivity contribution in [3.63, 3.8) is 0 Å². The van der Waals surface area contributed by atoms with Crippen LogP contribution >= 0.6 is 11.6 Å². The number of aryl methyl sites for hydroxylation is 1. The van der Waals surface area contributed by atoms with E-state index in [0.29, 0.717) is 11.4 Å². The minimum Gasteiger partial charge on any atom is -0.462 e. The predicted molar refractivity (Wildman–Crippen MR) is 73.6 cm³/mol. The number of carbonyl (C=O) groups is 1. The first-order chi connectivity index (χ1) is 9.45. The molecule has 2 aromatic rings. The smallest absolute Gasteiger partial charge is 0.343 e. The van der Waals surface area contributed by atoms with Crippen LogP contribution in [0.2, 0.25) is 5.02 Å². The third kappa shape index (κ3) is 2.46. The summed E-state index contributed by atoms with van der Waals surface area (Å²) in [6.45, 7) is 3.57. The Balaban J connectivity index is 2.54. The summed E-state index contributed by atoms with van der Waals surface area (Å²) in [5, 5.41) is 4.31. The quantitative estimate of drug-likeness (QED) is 0.884. The van der Waals surface area contributed by atoms with Crippen molar-refractivity contribution in [2.24, 2.45) is 0 Å². The van der Waals surface area contributed by atoms with Gasteiger partial charge in [0.1, 0.15) is 17.2 Å². The maximum absolute atomic E-state index is 13.1. The van der Waals surface area contributed by atoms with E-state index >= 15 is 0 Å². The van der Waals surface area contributed by atoms with Crippen LogP contribution in [0.15, 0.2) is 18.2 Å². The van der Waals surface area contributed by atoms with Gasteiger partial charge in [0.25, 0.3) is 0 Å². The van der Waals surface area contributed by atoms with Crippen molar-refractivity contribution >= 4 is 23.4 Å². The first kappa shape index (κ1) is 14.3. The third-order valence-corrected chi connectivity index (χ3v) is 3.02. The van der Waals surface area contributed by atoms with Crippen molar-refractivity contribution in [1.82, 2.24) is 9.78 Å². The van der Waals surface area contributed by atoms with Crippen LogP contribution in [-0.4, -0.2) is 22.4 Å². The molecule has 1 aromatic carbocycles. The molecule has 20 heavy (non-hydrogen) atoms. The molecule has 0 aliphatic heterocycles. The van der Waals surface area contributed by atoms with Crippen LogP contribution < -0.4 is 5.73 Å². The van der Waals surface area contributed by atoms with Crippen molar-refractivity contribution in [2.45, 2.75) is 13.8 Å². The molecule has 7 heteroatoms. The molecule has 0 spiro atoms. The normalized spacial score (nSPS) is 10.6. The Labute approximate surface area is 120 Å². The zero-order chi connectivity index (χ0) is 14.9. The van der Waals surface area contributed by atoms with Gasteiger partial charge in [0.05, 0.1) is 23.0 Å². The van der Waals surface area contributed by atoms with Crippen LogP contribution in [0.25, 0.3) is 5.69 Å². The highest BCUT2D eigenvalue weighted by Gasteiger charge is 2.22. The molecule has 0 aliphatic rings. The van der Waals surface area contributed by atoms with Crippen LogP contribution in [0.1, 0.15) is 23.0 Å². The molecule has 0 saturated carbocycles. The van der Waals surface area contributed by atoms with Crippen molar-refractivity contribution < 1.29 is 13.9 Å². The standard InChI is InChI=1S/C13H13ClFN3O2/c1-3-20-13(19)11-7(2)17-18(12(11)16)10-5-4-8(15)6-9(10)14/h4-6H,3,16H2,1-2H3.